The maximum Gasteiger partial charge on any atom is 0.275 e. The summed E-state index contributed by atoms with van der Waals surface area (Å²) in [5, 5.41) is 14.4. The summed E-state index contributed by atoms with van der Waals surface area (Å²) in [6, 6.07) is 4.41. The van der Waals surface area contributed by atoms with Gasteiger partial charge in [-0.2, -0.15) is 5.10 Å². The highest BCUT2D eigenvalue weighted by molar-refractivity contribution is 6.31. The molecule has 0 radical (unpaired) electrons. The van der Waals surface area contributed by atoms with Crippen LogP contribution in [-0.4, -0.2) is 16.7 Å². The Morgan fingerprint density at radius 2 is 2.00 bits per heavy atom. The zero-order valence-electron chi connectivity index (χ0n) is 12.5. The van der Waals surface area contributed by atoms with Gasteiger partial charge in [0.15, 0.2) is 0 Å². The first-order chi connectivity index (χ1) is 10.6. The van der Waals surface area contributed by atoms with Crippen molar-refractivity contribution in [1.29, 1.82) is 0 Å². The highest BCUT2D eigenvalue weighted by Gasteiger charge is 2.30. The van der Waals surface area contributed by atoms with E-state index < -0.39 is 5.91 Å². The summed E-state index contributed by atoms with van der Waals surface area (Å²) in [5.74, 6) is 1.08. The maximum atomic E-state index is 12.1. The monoisotopic (exact) mass is 320 g/mol. The minimum Gasteiger partial charge on any atom is -0.507 e. The van der Waals surface area contributed by atoms with Crippen LogP contribution >= 0.6 is 11.6 Å². The predicted octanol–water partition coefficient (Wildman–Crippen LogP) is 4.12. The van der Waals surface area contributed by atoms with Crippen molar-refractivity contribution in [3.63, 3.8) is 0 Å². The molecule has 2 aliphatic carbocycles. The number of carbonyl (C=O) groups is 1. The molecule has 3 rings (SSSR count). The van der Waals surface area contributed by atoms with E-state index in [-0.39, 0.29) is 11.3 Å². The average Bonchev–Trinajstić information content (AvgIpc) is 2.54. The number of phenolic OH excluding ortho intramolecular Hbond substituents is 1. The molecule has 2 N–H and O–H groups in total. The minimum atomic E-state index is -0.418. The SMILES string of the molecule is O=C(N/N=C1/CC[C@H]2CCCC[C@H]2C1)c1cc(Cl)ccc1O. The van der Waals surface area contributed by atoms with Crippen molar-refractivity contribution >= 4 is 23.2 Å². The van der Waals surface area contributed by atoms with Crippen molar-refractivity contribution in [3.8, 4) is 5.75 Å². The van der Waals surface area contributed by atoms with Crippen LogP contribution in [0.25, 0.3) is 0 Å². The number of halogens is 1. The van der Waals surface area contributed by atoms with Crippen LogP contribution < -0.4 is 5.43 Å². The summed E-state index contributed by atoms with van der Waals surface area (Å²) < 4.78 is 0. The fourth-order valence-electron chi connectivity index (χ4n) is 3.67. The van der Waals surface area contributed by atoms with Crippen molar-refractivity contribution in [2.45, 2.75) is 44.9 Å². The third kappa shape index (κ3) is 3.43. The Bertz CT molecular complexity index is 600. The largest absolute Gasteiger partial charge is 0.507 e. The summed E-state index contributed by atoms with van der Waals surface area (Å²) in [4.78, 5) is 12.1. The average molecular weight is 321 g/mol. The number of phenols is 1. The fraction of sp³-hybridized carbons (Fsp3) is 0.529. The Balaban J connectivity index is 1.63. The van der Waals surface area contributed by atoms with Gasteiger partial charge in [-0.3, -0.25) is 4.79 Å². The molecule has 0 saturated heterocycles. The molecule has 1 aromatic rings. The van der Waals surface area contributed by atoms with Crippen LogP contribution in [0.3, 0.4) is 0 Å². The maximum absolute atomic E-state index is 12.1. The third-order valence-electron chi connectivity index (χ3n) is 4.89. The Morgan fingerprint density at radius 1 is 1.23 bits per heavy atom. The molecule has 1 amide bonds. The zero-order chi connectivity index (χ0) is 15.5. The molecule has 0 heterocycles. The zero-order valence-corrected chi connectivity index (χ0v) is 13.3. The third-order valence-corrected chi connectivity index (χ3v) is 5.12. The van der Waals surface area contributed by atoms with Gasteiger partial charge in [0.05, 0.1) is 5.56 Å². The van der Waals surface area contributed by atoms with E-state index in [0.717, 1.165) is 30.4 Å². The van der Waals surface area contributed by atoms with Gasteiger partial charge in [-0.15, -0.1) is 0 Å². The van der Waals surface area contributed by atoms with E-state index in [0.29, 0.717) is 5.02 Å². The molecule has 0 aliphatic heterocycles. The van der Waals surface area contributed by atoms with Gasteiger partial charge >= 0.3 is 0 Å². The highest BCUT2D eigenvalue weighted by atomic mass is 35.5. The lowest BCUT2D eigenvalue weighted by atomic mass is 9.70. The molecule has 2 aliphatic rings. The quantitative estimate of drug-likeness (QED) is 0.805. The molecule has 118 valence electrons. The number of fused-ring (bicyclic) bond motifs is 1. The van der Waals surface area contributed by atoms with E-state index >= 15 is 0 Å². The summed E-state index contributed by atoms with van der Waals surface area (Å²) >= 11 is 5.86. The molecular formula is C17H21ClN2O2. The Kier molecular flexibility index (Phi) is 4.67. The predicted molar refractivity (Wildman–Crippen MR) is 87.3 cm³/mol. The number of amides is 1. The molecule has 0 spiro atoms. The van der Waals surface area contributed by atoms with E-state index in [2.05, 4.69) is 10.5 Å². The minimum absolute atomic E-state index is 0.0851. The first-order valence-electron chi connectivity index (χ1n) is 7.98. The fourth-order valence-corrected chi connectivity index (χ4v) is 3.84. The van der Waals surface area contributed by atoms with Gasteiger partial charge in [0.2, 0.25) is 0 Å². The highest BCUT2D eigenvalue weighted by Crippen LogP contribution is 2.39. The molecular weight excluding hydrogens is 300 g/mol. The number of hydrogen-bond acceptors (Lipinski definition) is 3. The van der Waals surface area contributed by atoms with Crippen LogP contribution in [0, 0.1) is 11.8 Å². The molecule has 22 heavy (non-hydrogen) atoms. The molecule has 1 aromatic carbocycles. The first kappa shape index (κ1) is 15.3. The number of aromatic hydroxyl groups is 1. The van der Waals surface area contributed by atoms with Crippen molar-refractivity contribution in [3.05, 3.63) is 28.8 Å². The van der Waals surface area contributed by atoms with E-state index in [1.165, 1.54) is 44.2 Å². The number of hydrogen-bond donors (Lipinski definition) is 2. The van der Waals surface area contributed by atoms with Gasteiger partial charge in [0, 0.05) is 10.7 Å². The van der Waals surface area contributed by atoms with Crippen LogP contribution in [0.15, 0.2) is 23.3 Å². The second-order valence-electron chi connectivity index (χ2n) is 6.33. The van der Waals surface area contributed by atoms with E-state index in [9.17, 15) is 9.90 Å². The lowest BCUT2D eigenvalue weighted by Gasteiger charge is -2.35. The van der Waals surface area contributed by atoms with Crippen molar-refractivity contribution in [1.82, 2.24) is 5.43 Å². The second-order valence-corrected chi connectivity index (χ2v) is 6.76. The number of rotatable bonds is 2. The van der Waals surface area contributed by atoms with Crippen LogP contribution in [0.4, 0.5) is 0 Å². The Morgan fingerprint density at radius 3 is 2.82 bits per heavy atom. The van der Waals surface area contributed by atoms with Gasteiger partial charge < -0.3 is 5.11 Å². The van der Waals surface area contributed by atoms with Gasteiger partial charge in [-0.1, -0.05) is 30.9 Å². The molecule has 2 atom stereocenters. The summed E-state index contributed by atoms with van der Waals surface area (Å²) in [6.07, 6.45) is 8.44. The molecule has 2 saturated carbocycles. The van der Waals surface area contributed by atoms with Crippen molar-refractivity contribution in [2.75, 3.05) is 0 Å². The first-order valence-corrected chi connectivity index (χ1v) is 8.35. The smallest absolute Gasteiger partial charge is 0.275 e. The van der Waals surface area contributed by atoms with E-state index in [4.69, 9.17) is 11.6 Å². The summed E-state index contributed by atoms with van der Waals surface area (Å²) in [7, 11) is 0. The Labute approximate surface area is 135 Å². The van der Waals surface area contributed by atoms with Crippen LogP contribution in [0.2, 0.25) is 5.02 Å². The van der Waals surface area contributed by atoms with Crippen molar-refractivity contribution in [2.24, 2.45) is 16.9 Å². The second kappa shape index (κ2) is 6.69. The normalized spacial score (nSPS) is 26.5. The van der Waals surface area contributed by atoms with Gasteiger partial charge in [0.25, 0.3) is 5.91 Å². The van der Waals surface area contributed by atoms with Crippen LogP contribution in [0.5, 0.6) is 5.75 Å². The molecule has 0 bridgehead atoms. The van der Waals surface area contributed by atoms with Crippen molar-refractivity contribution < 1.29 is 9.90 Å². The summed E-state index contributed by atoms with van der Waals surface area (Å²) in [5.41, 5.74) is 3.79. The standard InChI is InChI=1S/C17H21ClN2O2/c18-13-6-8-16(21)15(10-13)17(22)20-19-14-7-5-11-3-1-2-4-12(11)9-14/h6,8,10-12,21H,1-5,7,9H2,(H,20,22)/b19-14-/t11-,12+/m1/s1. The van der Waals surface area contributed by atoms with E-state index in [1.54, 1.807) is 6.07 Å². The number of benzene rings is 1. The number of nitrogens with zero attached hydrogens (tertiary/aromatic N) is 1. The number of nitrogens with one attached hydrogen (secondary N) is 1. The molecule has 0 unspecified atom stereocenters. The summed E-state index contributed by atoms with van der Waals surface area (Å²) in [6.45, 7) is 0. The van der Waals surface area contributed by atoms with Gasteiger partial charge in [0.1, 0.15) is 5.75 Å². The number of hydrazone groups is 1. The Hall–Kier alpha value is -1.55. The van der Waals surface area contributed by atoms with E-state index in [1.807, 2.05) is 0 Å². The van der Waals surface area contributed by atoms with Gasteiger partial charge in [-0.05, 0) is 55.7 Å². The molecule has 5 heteroatoms. The lowest BCUT2D eigenvalue weighted by molar-refractivity contribution is 0.0951. The molecule has 4 nitrogen and oxygen atoms in total. The molecule has 2 fully saturated rings. The molecule has 0 aromatic heterocycles. The lowest BCUT2D eigenvalue weighted by Crippen LogP contribution is -2.29. The van der Waals surface area contributed by atoms with Crippen LogP contribution in [-0.2, 0) is 0 Å². The van der Waals surface area contributed by atoms with Crippen LogP contribution in [0.1, 0.15) is 55.3 Å². The number of carbonyl (C=O) groups excluding carboxylic acids is 1. The van der Waals surface area contributed by atoms with Gasteiger partial charge in [-0.25, -0.2) is 5.43 Å². The topological polar surface area (TPSA) is 61.7 Å².